The largest absolute Gasteiger partial charge is 0.491 e. The average molecular weight is 1170 g/mol. The molecule has 84 heavy (non-hydrogen) atoms. The predicted molar refractivity (Wildman–Crippen MR) is 305 cm³/mol. The molecule has 0 bridgehead atoms. The van der Waals surface area contributed by atoms with Crippen molar-refractivity contribution in [3.8, 4) is 28.7 Å². The van der Waals surface area contributed by atoms with Crippen LogP contribution in [0.4, 0.5) is 26.4 Å². The van der Waals surface area contributed by atoms with Gasteiger partial charge in [-0.3, -0.25) is 28.9 Å². The fourth-order valence-corrected chi connectivity index (χ4v) is 11.2. The van der Waals surface area contributed by atoms with Gasteiger partial charge in [-0.1, -0.05) is 0 Å². The predicted octanol–water partition coefficient (Wildman–Crippen LogP) is 10.6. The van der Waals surface area contributed by atoms with E-state index in [1.165, 1.54) is 56.2 Å². The van der Waals surface area contributed by atoms with Gasteiger partial charge in [0.15, 0.2) is 34.4 Å². The Bertz CT molecular complexity index is 3910. The van der Waals surface area contributed by atoms with E-state index in [9.17, 15) is 18.4 Å². The van der Waals surface area contributed by atoms with E-state index < -0.39 is 17.5 Å². The van der Waals surface area contributed by atoms with Crippen LogP contribution in [0.25, 0.3) is 32.0 Å². The number of imidazole rings is 2. The number of rotatable bonds is 16. The van der Waals surface area contributed by atoms with Crippen molar-refractivity contribution in [2.75, 3.05) is 44.6 Å². The molecule has 0 atom stereocenters. The highest BCUT2D eigenvalue weighted by molar-refractivity contribution is 6.29. The van der Waals surface area contributed by atoms with E-state index in [-0.39, 0.29) is 70.0 Å². The smallest absolute Gasteiger partial charge is 0.269 e. The molecular formula is C58H63ClF2N16O7. The van der Waals surface area contributed by atoms with Gasteiger partial charge in [0.25, 0.3) is 17.5 Å². The lowest BCUT2D eigenvalue weighted by Crippen LogP contribution is -2.53. The Morgan fingerprint density at radius 1 is 0.762 bits per heavy atom. The summed E-state index contributed by atoms with van der Waals surface area (Å²) in [5.74, 6) is 2.75. The first-order valence-corrected chi connectivity index (χ1v) is 27.4. The lowest BCUT2D eigenvalue weighted by molar-refractivity contribution is -0.176. The number of hydrogen-bond donors (Lipinski definition) is 2. The maximum atomic E-state index is 14.5. The number of Topliss-reactive ketones (excluding diaryl/α,β-unsaturated/α-hetero) is 2. The van der Waals surface area contributed by atoms with Crippen molar-refractivity contribution in [2.24, 2.45) is 24.9 Å². The van der Waals surface area contributed by atoms with Gasteiger partial charge in [0, 0.05) is 102 Å². The first kappa shape index (κ1) is 58.5. The number of carbonyl (C=O) groups excluding carboxylic acids is 2. The molecule has 0 aromatic carbocycles. The van der Waals surface area contributed by atoms with E-state index in [0.29, 0.717) is 68.2 Å². The SMILES string of the molecule is COc1c(Oc2ccnc(CC(C)=O)c2)cnc2nc(Cl)n(C)c12.[C-]#[N+]C(C)(C)c1cc(N)nn1C1CC2(COC2)C1.[C-]#[N+]C(C)(C)c1cc(Nc2nc3ncc(Oc4ccnc(CC(C)=O)c4)c(C(F)F)c3n2C)nn1C1CC2(COC2)C1. The Labute approximate surface area is 487 Å². The zero-order valence-electron chi connectivity index (χ0n) is 47.9. The number of alkyl halides is 2. The van der Waals surface area contributed by atoms with Crippen molar-refractivity contribution in [3.63, 3.8) is 0 Å². The first-order valence-electron chi connectivity index (χ1n) is 27.0. The van der Waals surface area contributed by atoms with Gasteiger partial charge < -0.3 is 53.6 Å². The van der Waals surface area contributed by atoms with E-state index in [0.717, 1.165) is 63.5 Å². The minimum Gasteiger partial charge on any atom is -0.491 e. The number of halogens is 3. The van der Waals surface area contributed by atoms with Crippen LogP contribution in [-0.4, -0.2) is 104 Å². The number of methoxy groups -OCH3 is 1. The summed E-state index contributed by atoms with van der Waals surface area (Å²) in [6.45, 7) is 28.8. The van der Waals surface area contributed by atoms with Crippen LogP contribution in [0.5, 0.6) is 28.7 Å². The first-order chi connectivity index (χ1) is 39.9. The number of ketones is 2. The summed E-state index contributed by atoms with van der Waals surface area (Å²) >= 11 is 6.04. The van der Waals surface area contributed by atoms with Crippen molar-refractivity contribution >= 4 is 63.1 Å². The van der Waals surface area contributed by atoms with Crippen LogP contribution in [0.1, 0.15) is 114 Å². The molecule has 8 aromatic rings. The highest BCUT2D eigenvalue weighted by atomic mass is 35.5. The lowest BCUT2D eigenvalue weighted by atomic mass is 9.64. The van der Waals surface area contributed by atoms with Crippen molar-refractivity contribution in [2.45, 2.75) is 110 Å². The maximum Gasteiger partial charge on any atom is 0.269 e. The molecule has 12 rings (SSSR count). The molecule has 438 valence electrons. The third-order valence-corrected chi connectivity index (χ3v) is 15.9. The monoisotopic (exact) mass is 1170 g/mol. The highest BCUT2D eigenvalue weighted by Crippen LogP contribution is 2.55. The van der Waals surface area contributed by atoms with Gasteiger partial charge in [-0.2, -0.15) is 20.2 Å². The summed E-state index contributed by atoms with van der Waals surface area (Å²) < 4.78 is 63.9. The number of carbonyl (C=O) groups is 2. The zero-order chi connectivity index (χ0) is 60.0. The van der Waals surface area contributed by atoms with Gasteiger partial charge in [0.1, 0.15) is 51.3 Å². The van der Waals surface area contributed by atoms with E-state index >= 15 is 0 Å². The Morgan fingerprint density at radius 3 is 1.75 bits per heavy atom. The summed E-state index contributed by atoms with van der Waals surface area (Å²) in [7, 11) is 4.92. The van der Waals surface area contributed by atoms with Gasteiger partial charge in [-0.15, -0.1) is 0 Å². The van der Waals surface area contributed by atoms with Crippen molar-refractivity contribution < 1.29 is 42.1 Å². The summed E-state index contributed by atoms with van der Waals surface area (Å²) in [6, 6.07) is 10.7. The number of aromatic nitrogens is 12. The van der Waals surface area contributed by atoms with E-state index in [1.807, 2.05) is 49.2 Å². The average Bonchev–Trinajstić information content (AvgIpc) is 1.62. The van der Waals surface area contributed by atoms with Crippen molar-refractivity contribution in [1.82, 2.24) is 58.6 Å². The molecule has 2 aliphatic heterocycles. The maximum absolute atomic E-state index is 14.5. The fourth-order valence-electron chi connectivity index (χ4n) is 11.0. The number of pyridine rings is 4. The number of ether oxygens (including phenoxy) is 5. The zero-order valence-corrected chi connectivity index (χ0v) is 48.7. The Morgan fingerprint density at radius 2 is 1.26 bits per heavy atom. The second-order valence-corrected chi connectivity index (χ2v) is 23.4. The number of nitrogens with two attached hydrogens (primary N) is 1. The van der Waals surface area contributed by atoms with Gasteiger partial charge in [-0.25, -0.2) is 31.9 Å². The molecule has 23 nitrogen and oxygen atoms in total. The van der Waals surface area contributed by atoms with Gasteiger partial charge in [-0.05, 0) is 63.3 Å². The van der Waals surface area contributed by atoms with Crippen LogP contribution in [-0.2, 0) is 57.1 Å². The second-order valence-electron chi connectivity index (χ2n) is 23.0. The van der Waals surface area contributed by atoms with Gasteiger partial charge in [0.05, 0.1) is 75.0 Å². The minimum absolute atomic E-state index is 0.0323. The number of fused-ring (bicyclic) bond motifs is 2. The number of nitrogens with one attached hydrogen (secondary N) is 1. The molecule has 4 aliphatic rings. The van der Waals surface area contributed by atoms with E-state index in [4.69, 9.17) is 59.3 Å². The third kappa shape index (κ3) is 11.7. The van der Waals surface area contributed by atoms with Gasteiger partial charge in [0.2, 0.25) is 11.2 Å². The van der Waals surface area contributed by atoms with Gasteiger partial charge >= 0.3 is 0 Å². The fraction of sp³-hybridized carbons (Fsp3) is 0.448. The molecule has 0 radical (unpaired) electrons. The van der Waals surface area contributed by atoms with Crippen molar-refractivity contribution in [1.29, 1.82) is 0 Å². The summed E-state index contributed by atoms with van der Waals surface area (Å²) in [6.07, 6.45) is 7.30. The molecule has 0 unspecified atom stereocenters. The van der Waals surface area contributed by atoms with Crippen molar-refractivity contribution in [3.05, 3.63) is 118 Å². The Kier molecular flexibility index (Phi) is 15.9. The molecule has 26 heteroatoms. The van der Waals surface area contributed by atoms with E-state index in [1.54, 1.807) is 37.0 Å². The number of aryl methyl sites for hydroxylation is 2. The molecule has 4 fully saturated rings. The third-order valence-electron chi connectivity index (χ3n) is 15.5. The minimum atomic E-state index is -2.89. The van der Waals surface area contributed by atoms with Crippen LogP contribution in [0.15, 0.2) is 61.2 Å². The van der Waals surface area contributed by atoms with Crippen LogP contribution < -0.4 is 25.3 Å². The molecule has 2 saturated heterocycles. The lowest BCUT2D eigenvalue weighted by Gasteiger charge is -2.53. The molecule has 2 saturated carbocycles. The quantitative estimate of drug-likeness (QED) is 0.0853. The Balaban J connectivity index is 0.000000157. The van der Waals surface area contributed by atoms with Crippen LogP contribution in [0, 0.1) is 24.0 Å². The molecule has 8 aromatic heterocycles. The summed E-state index contributed by atoms with van der Waals surface area (Å²) in [4.78, 5) is 55.7. The van der Waals surface area contributed by atoms with Crippen LogP contribution in [0.3, 0.4) is 0 Å². The number of hydrogen-bond acceptors (Lipinski definition) is 17. The van der Waals surface area contributed by atoms with Crippen LogP contribution >= 0.6 is 11.6 Å². The molecular weight excluding hydrogens is 1110 g/mol. The Hall–Kier alpha value is -8.65. The molecule has 10 heterocycles. The normalized spacial score (nSPS) is 16.7. The van der Waals surface area contributed by atoms with E-state index in [2.05, 4.69) is 50.0 Å². The number of nitrogens with zero attached hydrogens (tertiary/aromatic N) is 14. The second kappa shape index (κ2) is 22.8. The summed E-state index contributed by atoms with van der Waals surface area (Å²) in [5, 5.41) is 12.6. The molecule has 2 aliphatic carbocycles. The molecule has 2 spiro atoms. The molecule has 0 amide bonds. The summed E-state index contributed by atoms with van der Waals surface area (Å²) in [5.41, 5.74) is 8.79. The van der Waals surface area contributed by atoms with Crippen LogP contribution in [0.2, 0.25) is 5.28 Å². The number of anilines is 3. The topological polar surface area (TPSA) is 250 Å². The molecule has 3 N–H and O–H groups in total. The standard InChI is InChI=1S/C29H30F2N8O3.C16H15ClN4O3.C13H18N4O/c1-16(40)8-17-9-19(6-7-33-17)42-20-13-34-26-24(23(20)25(30)31)38(5)27(36-26)35-22-10-21(28(2,3)32-4)39(37-22)18-11-29(12-18)14-41-15-29;1-9(22)6-10-7-11(4-5-18-10)24-12-8-19-15-13(14(12)23-3)21(2)16(17)20-15;1-12(2,15-3)10-4-11(14)16-17(10)9-5-13(6-9)7-18-8-13/h6-7,9-10,13,18,25H,8,11-12,14-15H2,1-3,5H3,(H,34,35,36,37);4-5,7-8H,6H2,1-3H3;4,9H,5-8H2,1-2H3,(H2,14,16). The number of nitrogen functional groups attached to an aromatic ring is 1. The highest BCUT2D eigenvalue weighted by Gasteiger charge is 2.53.